The molecule has 0 aromatic heterocycles. The average Bonchev–Trinajstić information content (AvgIpc) is 2.47. The largest absolute Gasteiger partial charge is 0.383 e. The highest BCUT2D eigenvalue weighted by Crippen LogP contribution is 2.38. The molecule has 21 heavy (non-hydrogen) atoms. The molecule has 1 aliphatic carbocycles. The summed E-state index contributed by atoms with van der Waals surface area (Å²) in [5, 5.41) is 2.81. The number of hydrogen-bond acceptors (Lipinski definition) is 4. The van der Waals surface area contributed by atoms with E-state index in [9.17, 15) is 4.79 Å². The maximum absolute atomic E-state index is 12.0. The maximum atomic E-state index is 12.0. The molecule has 1 aliphatic rings. The Hall–Kier alpha value is -0.650. The number of amides is 1. The molecule has 0 aliphatic heterocycles. The Morgan fingerprint density at radius 3 is 2.43 bits per heavy atom. The van der Waals surface area contributed by atoms with Crippen molar-refractivity contribution in [2.75, 3.05) is 26.8 Å². The summed E-state index contributed by atoms with van der Waals surface area (Å²) >= 11 is 0. The van der Waals surface area contributed by atoms with E-state index >= 15 is 0 Å². The maximum Gasteiger partial charge on any atom is 0.248 e. The van der Waals surface area contributed by atoms with E-state index in [1.807, 2.05) is 0 Å². The van der Waals surface area contributed by atoms with Crippen LogP contribution in [-0.4, -0.2) is 44.4 Å². The molecule has 1 saturated carbocycles. The third kappa shape index (κ3) is 5.57. The average molecular weight is 300 g/mol. The highest BCUT2D eigenvalue weighted by Gasteiger charge is 2.38. The molecule has 0 aromatic rings. The predicted octanol–water partition coefficient (Wildman–Crippen LogP) is 1.70. The fraction of sp³-hybridized carbons (Fsp3) is 0.938. The number of carbonyl (C=O) groups excluding carboxylic acids is 1. The predicted molar refractivity (Wildman–Crippen MR) is 84.0 cm³/mol. The van der Waals surface area contributed by atoms with Crippen LogP contribution in [0, 0.1) is 11.8 Å². The van der Waals surface area contributed by atoms with Gasteiger partial charge in [-0.1, -0.05) is 13.8 Å². The van der Waals surface area contributed by atoms with E-state index in [-0.39, 0.29) is 11.5 Å². The van der Waals surface area contributed by atoms with Crippen molar-refractivity contribution in [2.24, 2.45) is 17.6 Å². The van der Waals surface area contributed by atoms with Crippen LogP contribution in [0.3, 0.4) is 0 Å². The minimum atomic E-state index is -0.471. The molecule has 0 saturated heterocycles. The lowest BCUT2D eigenvalue weighted by atomic mass is 9.74. The van der Waals surface area contributed by atoms with Gasteiger partial charge in [0.05, 0.1) is 12.2 Å². The van der Waals surface area contributed by atoms with Crippen molar-refractivity contribution >= 4 is 5.91 Å². The number of ether oxygens (including phenoxy) is 2. The van der Waals surface area contributed by atoms with Gasteiger partial charge in [0.15, 0.2) is 0 Å². The molecule has 0 bridgehead atoms. The van der Waals surface area contributed by atoms with Crippen LogP contribution in [0.4, 0.5) is 0 Å². The standard InChI is InChI=1S/C16H32N2O3/c1-12(2)14-5-7-16(11-17,8-6-14)21-13(3)15(19)18-9-10-20-4/h12-14H,5-11,17H2,1-4H3,(H,18,19). The lowest BCUT2D eigenvalue weighted by Crippen LogP contribution is -2.49. The van der Waals surface area contributed by atoms with Crippen LogP contribution in [0.15, 0.2) is 0 Å². The highest BCUT2D eigenvalue weighted by atomic mass is 16.5. The second kappa shape index (κ2) is 8.71. The van der Waals surface area contributed by atoms with Gasteiger partial charge in [-0.3, -0.25) is 4.79 Å². The molecule has 0 spiro atoms. The topological polar surface area (TPSA) is 73.6 Å². The van der Waals surface area contributed by atoms with Gasteiger partial charge in [0, 0.05) is 20.2 Å². The van der Waals surface area contributed by atoms with Gasteiger partial charge in [-0.25, -0.2) is 0 Å². The van der Waals surface area contributed by atoms with Crippen molar-refractivity contribution in [3.05, 3.63) is 0 Å². The number of rotatable bonds is 8. The second-order valence-corrected chi connectivity index (χ2v) is 6.51. The summed E-state index contributed by atoms with van der Waals surface area (Å²) in [5.74, 6) is 1.36. The van der Waals surface area contributed by atoms with Gasteiger partial charge >= 0.3 is 0 Å². The van der Waals surface area contributed by atoms with E-state index in [0.29, 0.717) is 25.6 Å². The molecule has 0 aromatic carbocycles. The fourth-order valence-electron chi connectivity index (χ4n) is 3.05. The van der Waals surface area contributed by atoms with Gasteiger partial charge in [0.2, 0.25) is 5.91 Å². The third-order valence-electron chi connectivity index (χ3n) is 4.66. The smallest absolute Gasteiger partial charge is 0.248 e. The van der Waals surface area contributed by atoms with Crippen molar-refractivity contribution in [3.8, 4) is 0 Å². The molecular formula is C16H32N2O3. The van der Waals surface area contributed by atoms with E-state index in [0.717, 1.165) is 31.6 Å². The zero-order chi connectivity index (χ0) is 15.9. The van der Waals surface area contributed by atoms with Crippen molar-refractivity contribution in [1.29, 1.82) is 0 Å². The van der Waals surface area contributed by atoms with Gasteiger partial charge in [0.1, 0.15) is 6.10 Å². The van der Waals surface area contributed by atoms with Crippen LogP contribution in [-0.2, 0) is 14.3 Å². The minimum absolute atomic E-state index is 0.0918. The summed E-state index contributed by atoms with van der Waals surface area (Å²) in [4.78, 5) is 12.0. The Kier molecular flexibility index (Phi) is 7.63. The van der Waals surface area contributed by atoms with Crippen molar-refractivity contribution in [1.82, 2.24) is 5.32 Å². The zero-order valence-electron chi connectivity index (χ0n) is 14.0. The van der Waals surface area contributed by atoms with Crippen molar-refractivity contribution in [2.45, 2.75) is 58.2 Å². The molecule has 5 heteroatoms. The monoisotopic (exact) mass is 300 g/mol. The molecule has 0 heterocycles. The number of nitrogens with two attached hydrogens (primary N) is 1. The van der Waals surface area contributed by atoms with Gasteiger partial charge in [-0.15, -0.1) is 0 Å². The van der Waals surface area contributed by atoms with Gasteiger partial charge in [-0.05, 0) is 44.4 Å². The molecule has 1 fully saturated rings. The summed E-state index contributed by atoms with van der Waals surface area (Å²) < 4.78 is 11.0. The Labute approximate surface area is 128 Å². The summed E-state index contributed by atoms with van der Waals surface area (Å²) in [6.07, 6.45) is 3.69. The first-order chi connectivity index (χ1) is 9.94. The van der Waals surface area contributed by atoms with E-state index in [2.05, 4.69) is 19.2 Å². The van der Waals surface area contributed by atoms with E-state index in [1.165, 1.54) is 0 Å². The molecule has 1 atom stereocenters. The first-order valence-electron chi connectivity index (χ1n) is 8.08. The number of nitrogens with one attached hydrogen (secondary N) is 1. The molecule has 5 nitrogen and oxygen atoms in total. The van der Waals surface area contributed by atoms with E-state index < -0.39 is 6.10 Å². The molecule has 1 unspecified atom stereocenters. The van der Waals surface area contributed by atoms with Crippen LogP contribution in [0.1, 0.15) is 46.5 Å². The lowest BCUT2D eigenvalue weighted by Gasteiger charge is -2.41. The van der Waals surface area contributed by atoms with E-state index in [1.54, 1.807) is 14.0 Å². The molecule has 3 N–H and O–H groups in total. The van der Waals surface area contributed by atoms with Crippen LogP contribution >= 0.6 is 0 Å². The quantitative estimate of drug-likeness (QED) is 0.669. The highest BCUT2D eigenvalue weighted by molar-refractivity contribution is 5.80. The first kappa shape index (κ1) is 18.4. The van der Waals surface area contributed by atoms with Crippen LogP contribution < -0.4 is 11.1 Å². The first-order valence-corrected chi connectivity index (χ1v) is 8.08. The Balaban J connectivity index is 2.48. The summed E-state index contributed by atoms with van der Waals surface area (Å²) in [5.41, 5.74) is 5.62. The summed E-state index contributed by atoms with van der Waals surface area (Å²) in [6, 6.07) is 0. The normalized spacial score (nSPS) is 27.6. The second-order valence-electron chi connectivity index (χ2n) is 6.51. The lowest BCUT2D eigenvalue weighted by molar-refractivity contribution is -0.151. The molecule has 1 rings (SSSR count). The molecule has 1 amide bonds. The minimum Gasteiger partial charge on any atom is -0.383 e. The van der Waals surface area contributed by atoms with Crippen LogP contribution in [0.25, 0.3) is 0 Å². The number of carbonyl (C=O) groups is 1. The number of hydrogen-bond donors (Lipinski definition) is 2. The zero-order valence-corrected chi connectivity index (χ0v) is 14.0. The van der Waals surface area contributed by atoms with Gasteiger partial charge in [0.25, 0.3) is 0 Å². The Morgan fingerprint density at radius 1 is 1.33 bits per heavy atom. The van der Waals surface area contributed by atoms with Gasteiger partial charge in [-0.2, -0.15) is 0 Å². The number of methoxy groups -OCH3 is 1. The third-order valence-corrected chi connectivity index (χ3v) is 4.66. The summed E-state index contributed by atoms with van der Waals surface area (Å²) in [7, 11) is 1.61. The van der Waals surface area contributed by atoms with Crippen molar-refractivity contribution < 1.29 is 14.3 Å². The van der Waals surface area contributed by atoms with Crippen LogP contribution in [0.2, 0.25) is 0 Å². The van der Waals surface area contributed by atoms with E-state index in [4.69, 9.17) is 15.2 Å². The fourth-order valence-corrected chi connectivity index (χ4v) is 3.05. The SMILES string of the molecule is COCCNC(=O)C(C)OC1(CN)CCC(C(C)C)CC1. The molecular weight excluding hydrogens is 268 g/mol. The van der Waals surface area contributed by atoms with Crippen LogP contribution in [0.5, 0.6) is 0 Å². The Bertz CT molecular complexity index is 313. The van der Waals surface area contributed by atoms with Gasteiger partial charge < -0.3 is 20.5 Å². The summed E-state index contributed by atoms with van der Waals surface area (Å²) in [6.45, 7) is 7.84. The Morgan fingerprint density at radius 2 is 1.95 bits per heavy atom. The van der Waals surface area contributed by atoms with Crippen molar-refractivity contribution in [3.63, 3.8) is 0 Å². The molecule has 124 valence electrons. The molecule has 0 radical (unpaired) electrons.